The molecule has 0 heterocycles. The molecule has 13 nitrogen and oxygen atoms in total. The van der Waals surface area contributed by atoms with Crippen molar-refractivity contribution in [3.05, 3.63) is 12.2 Å². The number of carbonyl (C=O) groups is 1. The minimum Gasteiger partial charge on any atom is -0.393 e. The first kappa shape index (κ1) is 65.1. The summed E-state index contributed by atoms with van der Waals surface area (Å²) in [7, 11) is -5.12. The standard InChI is InChI=1S/C54H106NO12P/c1-3-5-7-9-11-13-15-17-19-21-22-23-24-26-27-29-31-33-35-37-39-41-45(56)43-48(58)55-46(44-66-68(64,65)67-54-52(62)50(60)49(59)51(61)53(54)63)47(57)42-40-38-36-34-32-30-28-25-20-18-16-14-12-10-8-6-4-2/h26-27,45-47,49-54,56-57,59-63H,3-25,28-44H2,1-2H3,(H,55,58)(H,64,65)/b27-26-. The van der Waals surface area contributed by atoms with Gasteiger partial charge in [0.25, 0.3) is 0 Å². The summed E-state index contributed by atoms with van der Waals surface area (Å²) in [6, 6.07) is -1.15. The lowest BCUT2D eigenvalue weighted by Gasteiger charge is -2.41. The highest BCUT2D eigenvalue weighted by Crippen LogP contribution is 2.47. The predicted molar refractivity (Wildman–Crippen MR) is 275 cm³/mol. The Balaban J connectivity index is 2.40. The monoisotopic (exact) mass is 992 g/mol. The summed E-state index contributed by atoms with van der Waals surface area (Å²) in [6.07, 6.45) is 35.4. The molecule has 1 amide bonds. The Hall–Kier alpha value is -0.960. The summed E-state index contributed by atoms with van der Waals surface area (Å²) in [6.45, 7) is 3.83. The summed E-state index contributed by atoms with van der Waals surface area (Å²) in [5.41, 5.74) is 0. The van der Waals surface area contributed by atoms with Crippen LogP contribution in [-0.2, 0) is 18.4 Å². The Morgan fingerprint density at radius 3 is 1.21 bits per heavy atom. The maximum atomic E-state index is 13.1. The molecule has 0 aromatic rings. The number of hydrogen-bond acceptors (Lipinski definition) is 11. The molecule has 0 spiro atoms. The van der Waals surface area contributed by atoms with E-state index in [4.69, 9.17) is 9.05 Å². The second-order valence-electron chi connectivity index (χ2n) is 20.3. The van der Waals surface area contributed by atoms with Crippen molar-refractivity contribution in [2.75, 3.05) is 6.61 Å². The van der Waals surface area contributed by atoms with Crippen LogP contribution in [0.3, 0.4) is 0 Å². The van der Waals surface area contributed by atoms with Crippen molar-refractivity contribution in [3.63, 3.8) is 0 Å². The molecule has 1 aliphatic rings. The fourth-order valence-corrected chi connectivity index (χ4v) is 10.3. The van der Waals surface area contributed by atoms with E-state index in [1.807, 2.05) is 0 Å². The lowest BCUT2D eigenvalue weighted by atomic mass is 9.85. The van der Waals surface area contributed by atoms with Crippen LogP contribution in [0.1, 0.15) is 264 Å². The number of allylic oxidation sites excluding steroid dienone is 2. The molecule has 0 radical (unpaired) electrons. The Morgan fingerprint density at radius 2 is 0.824 bits per heavy atom. The molecule has 8 unspecified atom stereocenters. The summed E-state index contributed by atoms with van der Waals surface area (Å²) < 4.78 is 23.0. The lowest BCUT2D eigenvalue weighted by Crippen LogP contribution is -2.64. The second-order valence-corrected chi connectivity index (χ2v) is 21.7. The van der Waals surface area contributed by atoms with Gasteiger partial charge >= 0.3 is 7.82 Å². The quantitative estimate of drug-likeness (QED) is 0.0158. The number of carbonyl (C=O) groups excluding carboxylic acids is 1. The zero-order valence-corrected chi connectivity index (χ0v) is 44.2. The smallest absolute Gasteiger partial charge is 0.393 e. The zero-order valence-electron chi connectivity index (χ0n) is 43.3. The molecule has 9 N–H and O–H groups in total. The summed E-state index contributed by atoms with van der Waals surface area (Å²) >= 11 is 0. The van der Waals surface area contributed by atoms with E-state index >= 15 is 0 Å². The van der Waals surface area contributed by atoms with Crippen molar-refractivity contribution < 1.29 is 59.0 Å². The molecule has 404 valence electrons. The van der Waals surface area contributed by atoms with Gasteiger partial charge in [-0.25, -0.2) is 4.57 Å². The van der Waals surface area contributed by atoms with Crippen molar-refractivity contribution >= 4 is 13.7 Å². The van der Waals surface area contributed by atoms with Gasteiger partial charge in [-0.15, -0.1) is 0 Å². The number of rotatable bonds is 48. The molecule has 0 aromatic carbocycles. The van der Waals surface area contributed by atoms with Gasteiger partial charge in [-0.2, -0.15) is 0 Å². The van der Waals surface area contributed by atoms with E-state index in [0.29, 0.717) is 12.8 Å². The maximum Gasteiger partial charge on any atom is 0.472 e. The molecule has 14 heteroatoms. The van der Waals surface area contributed by atoms with Crippen LogP contribution in [-0.4, -0.2) is 108 Å². The predicted octanol–water partition coefficient (Wildman–Crippen LogP) is 11.3. The van der Waals surface area contributed by atoms with Crippen molar-refractivity contribution in [3.8, 4) is 0 Å². The minimum absolute atomic E-state index is 0.224. The van der Waals surface area contributed by atoms with Gasteiger partial charge in [-0.3, -0.25) is 13.8 Å². The molecular weight excluding hydrogens is 886 g/mol. The van der Waals surface area contributed by atoms with E-state index in [1.54, 1.807) is 0 Å². The van der Waals surface area contributed by atoms with Crippen LogP contribution in [0.15, 0.2) is 12.2 Å². The molecule has 1 aliphatic carbocycles. The second kappa shape index (κ2) is 43.6. The summed E-state index contributed by atoms with van der Waals surface area (Å²) in [4.78, 5) is 23.6. The van der Waals surface area contributed by atoms with Crippen LogP contribution in [0.4, 0.5) is 0 Å². The van der Waals surface area contributed by atoms with Crippen LogP contribution in [0.2, 0.25) is 0 Å². The fourth-order valence-electron chi connectivity index (χ4n) is 9.30. The molecule has 0 saturated heterocycles. The van der Waals surface area contributed by atoms with E-state index in [9.17, 15) is 50.0 Å². The largest absolute Gasteiger partial charge is 0.472 e. The first-order valence-corrected chi connectivity index (χ1v) is 29.7. The van der Waals surface area contributed by atoms with Crippen molar-refractivity contribution in [1.29, 1.82) is 0 Å². The van der Waals surface area contributed by atoms with Gasteiger partial charge in [0, 0.05) is 0 Å². The highest BCUT2D eigenvalue weighted by molar-refractivity contribution is 7.47. The van der Waals surface area contributed by atoms with E-state index in [0.717, 1.165) is 70.6 Å². The van der Waals surface area contributed by atoms with Crippen LogP contribution in [0.25, 0.3) is 0 Å². The van der Waals surface area contributed by atoms with Gasteiger partial charge in [0.15, 0.2) is 0 Å². The zero-order chi connectivity index (χ0) is 50.1. The third-order valence-electron chi connectivity index (χ3n) is 13.9. The molecule has 1 saturated carbocycles. The molecule has 1 fully saturated rings. The Kier molecular flexibility index (Phi) is 41.7. The van der Waals surface area contributed by atoms with E-state index < -0.39 is 75.2 Å². The molecule has 0 aliphatic heterocycles. The Labute approximate surface area is 414 Å². The number of phosphoric acid groups is 1. The Morgan fingerprint density at radius 1 is 0.500 bits per heavy atom. The van der Waals surface area contributed by atoms with Crippen LogP contribution >= 0.6 is 7.82 Å². The third-order valence-corrected chi connectivity index (χ3v) is 14.9. The number of unbranched alkanes of at least 4 members (excludes halogenated alkanes) is 33. The normalized spacial score (nSPS) is 22.1. The van der Waals surface area contributed by atoms with Gasteiger partial charge in [-0.1, -0.05) is 231 Å². The summed E-state index contributed by atoms with van der Waals surface area (Å²) in [5.74, 6) is -0.560. The van der Waals surface area contributed by atoms with E-state index in [2.05, 4.69) is 31.3 Å². The van der Waals surface area contributed by atoms with Crippen molar-refractivity contribution in [2.45, 2.75) is 319 Å². The Bertz CT molecular complexity index is 1210. The van der Waals surface area contributed by atoms with Gasteiger partial charge < -0.3 is 46.0 Å². The lowest BCUT2D eigenvalue weighted by molar-refractivity contribution is -0.220. The fraction of sp³-hybridized carbons (Fsp3) is 0.944. The molecule has 8 atom stereocenters. The number of aliphatic hydroxyl groups excluding tert-OH is 7. The van der Waals surface area contributed by atoms with E-state index in [-0.39, 0.29) is 12.8 Å². The highest BCUT2D eigenvalue weighted by Gasteiger charge is 2.51. The summed E-state index contributed by atoms with van der Waals surface area (Å²) in [5, 5.41) is 75.0. The molecule has 1 rings (SSSR count). The number of hydrogen-bond donors (Lipinski definition) is 9. The highest BCUT2D eigenvalue weighted by atomic mass is 31.2. The average molecular weight is 992 g/mol. The number of phosphoric ester groups is 1. The van der Waals surface area contributed by atoms with Gasteiger partial charge in [-0.05, 0) is 38.5 Å². The first-order chi connectivity index (χ1) is 32.8. The van der Waals surface area contributed by atoms with E-state index in [1.165, 1.54) is 154 Å². The number of amides is 1. The van der Waals surface area contributed by atoms with Crippen LogP contribution < -0.4 is 5.32 Å². The molecule has 68 heavy (non-hydrogen) atoms. The topological polar surface area (TPSA) is 226 Å². The van der Waals surface area contributed by atoms with Gasteiger partial charge in [0.1, 0.15) is 36.6 Å². The van der Waals surface area contributed by atoms with Crippen LogP contribution in [0, 0.1) is 0 Å². The average Bonchev–Trinajstić information content (AvgIpc) is 3.31. The van der Waals surface area contributed by atoms with Crippen molar-refractivity contribution in [2.24, 2.45) is 0 Å². The molecular formula is C54H106NO12P. The third kappa shape index (κ3) is 34.4. The molecule has 0 bridgehead atoms. The minimum atomic E-state index is -5.12. The van der Waals surface area contributed by atoms with Gasteiger partial charge in [0.05, 0.1) is 31.3 Å². The maximum absolute atomic E-state index is 13.1. The first-order valence-electron chi connectivity index (χ1n) is 28.2. The number of nitrogens with one attached hydrogen (secondary N) is 1. The number of aliphatic hydroxyl groups is 7. The van der Waals surface area contributed by atoms with Gasteiger partial charge in [0.2, 0.25) is 5.91 Å². The van der Waals surface area contributed by atoms with Crippen molar-refractivity contribution in [1.82, 2.24) is 5.32 Å². The van der Waals surface area contributed by atoms with Crippen LogP contribution in [0.5, 0.6) is 0 Å². The SMILES string of the molecule is CCCCCCCCCCCCCC/C=C\CCCCCCCC(O)CC(=O)NC(COP(=O)(O)OC1C(O)C(O)C(O)C(O)C1O)C(O)CCCCCCCCCCCCCCCCCCC. The molecule has 0 aromatic heterocycles.